The molecule has 2 aliphatic heterocycles. The number of carbonyl (C=O) groups is 1. The Labute approximate surface area is 177 Å². The number of hydrogen-bond acceptors (Lipinski definition) is 3. The molecule has 0 bridgehead atoms. The van der Waals surface area contributed by atoms with Crippen molar-refractivity contribution in [2.24, 2.45) is 0 Å². The van der Waals surface area contributed by atoms with Crippen molar-refractivity contribution in [1.82, 2.24) is 9.47 Å². The second-order valence-electron chi connectivity index (χ2n) is 8.40. The van der Waals surface area contributed by atoms with Gasteiger partial charge in [0.25, 0.3) is 5.91 Å². The fraction of sp³-hybridized carbons (Fsp3) is 0.320. The van der Waals surface area contributed by atoms with E-state index in [4.69, 9.17) is 4.74 Å². The van der Waals surface area contributed by atoms with Gasteiger partial charge in [-0.25, -0.2) is 0 Å². The Hall–Kier alpha value is -3.21. The molecule has 154 valence electrons. The number of aryl methyl sites for hydroxylation is 1. The van der Waals surface area contributed by atoms with Gasteiger partial charge in [0.05, 0.1) is 24.0 Å². The van der Waals surface area contributed by atoms with Crippen LogP contribution in [0.15, 0.2) is 54.7 Å². The second kappa shape index (κ2) is 6.94. The SMILES string of the molecule is COc1cccc(C(=O)N2CCC3(CC2)Nc2ccc(C)c(C)c2-n2cccc23)c1. The number of anilines is 1. The van der Waals surface area contributed by atoms with Crippen molar-refractivity contribution >= 4 is 11.6 Å². The van der Waals surface area contributed by atoms with Crippen LogP contribution in [-0.4, -0.2) is 35.6 Å². The number of amides is 1. The summed E-state index contributed by atoms with van der Waals surface area (Å²) in [6.07, 6.45) is 3.91. The van der Waals surface area contributed by atoms with E-state index in [1.165, 1.54) is 28.2 Å². The zero-order valence-electron chi connectivity index (χ0n) is 17.7. The summed E-state index contributed by atoms with van der Waals surface area (Å²) < 4.78 is 7.62. The van der Waals surface area contributed by atoms with Gasteiger partial charge in [-0.2, -0.15) is 0 Å². The van der Waals surface area contributed by atoms with Gasteiger partial charge >= 0.3 is 0 Å². The van der Waals surface area contributed by atoms with Crippen LogP contribution >= 0.6 is 0 Å². The van der Waals surface area contributed by atoms with Gasteiger partial charge in [-0.05, 0) is 74.2 Å². The molecule has 2 aliphatic rings. The smallest absolute Gasteiger partial charge is 0.253 e. The number of nitrogens with zero attached hydrogens (tertiary/aromatic N) is 2. The quantitative estimate of drug-likeness (QED) is 0.679. The summed E-state index contributed by atoms with van der Waals surface area (Å²) in [4.78, 5) is 15.0. The molecule has 1 amide bonds. The predicted molar refractivity (Wildman–Crippen MR) is 119 cm³/mol. The standard InChI is InChI=1S/C25H27N3O2/c1-17-9-10-21-23(18(17)2)28-13-5-8-22(28)25(26-21)11-14-27(15-12-25)24(29)19-6-4-7-20(16-19)30-3/h4-10,13,16,26H,11-12,14-15H2,1-3H3. The molecule has 0 aliphatic carbocycles. The first kappa shape index (κ1) is 18.8. The molecule has 1 saturated heterocycles. The summed E-state index contributed by atoms with van der Waals surface area (Å²) in [5.41, 5.74) is 6.84. The van der Waals surface area contributed by atoms with Gasteiger partial charge in [-0.15, -0.1) is 0 Å². The molecular weight excluding hydrogens is 374 g/mol. The van der Waals surface area contributed by atoms with Crippen LogP contribution in [0.2, 0.25) is 0 Å². The van der Waals surface area contributed by atoms with Gasteiger partial charge in [0.1, 0.15) is 5.75 Å². The maximum atomic E-state index is 13.1. The van der Waals surface area contributed by atoms with Crippen molar-refractivity contribution in [3.63, 3.8) is 0 Å². The third kappa shape index (κ3) is 2.80. The van der Waals surface area contributed by atoms with Crippen LogP contribution in [0.1, 0.15) is 40.0 Å². The van der Waals surface area contributed by atoms with Crippen molar-refractivity contribution < 1.29 is 9.53 Å². The fourth-order valence-electron chi connectivity index (χ4n) is 4.91. The highest BCUT2D eigenvalue weighted by atomic mass is 16.5. The number of hydrogen-bond donors (Lipinski definition) is 1. The number of methoxy groups -OCH3 is 1. The van der Waals surface area contributed by atoms with Crippen molar-refractivity contribution in [2.45, 2.75) is 32.2 Å². The van der Waals surface area contributed by atoms with E-state index >= 15 is 0 Å². The summed E-state index contributed by atoms with van der Waals surface area (Å²) in [7, 11) is 1.62. The van der Waals surface area contributed by atoms with E-state index in [-0.39, 0.29) is 11.4 Å². The Morgan fingerprint density at radius 2 is 1.87 bits per heavy atom. The number of rotatable bonds is 2. The van der Waals surface area contributed by atoms with Gasteiger partial charge in [-0.3, -0.25) is 4.79 Å². The molecule has 5 heteroatoms. The number of benzene rings is 2. The molecule has 5 rings (SSSR count). The number of aromatic nitrogens is 1. The average Bonchev–Trinajstić information content (AvgIpc) is 3.27. The van der Waals surface area contributed by atoms with Crippen LogP contribution in [0, 0.1) is 13.8 Å². The number of likely N-dealkylation sites (tertiary alicyclic amines) is 1. The first-order valence-corrected chi connectivity index (χ1v) is 10.5. The van der Waals surface area contributed by atoms with Crippen LogP contribution in [0.5, 0.6) is 5.75 Å². The van der Waals surface area contributed by atoms with Crippen LogP contribution in [0.3, 0.4) is 0 Å². The summed E-state index contributed by atoms with van der Waals surface area (Å²) >= 11 is 0. The van der Waals surface area contributed by atoms with Crippen molar-refractivity contribution in [3.05, 3.63) is 77.1 Å². The topological polar surface area (TPSA) is 46.5 Å². The Morgan fingerprint density at radius 3 is 2.63 bits per heavy atom. The minimum Gasteiger partial charge on any atom is -0.497 e. The zero-order chi connectivity index (χ0) is 20.9. The molecule has 0 radical (unpaired) electrons. The predicted octanol–water partition coefficient (Wildman–Crippen LogP) is 4.66. The lowest BCUT2D eigenvalue weighted by Crippen LogP contribution is -2.51. The molecule has 3 heterocycles. The maximum Gasteiger partial charge on any atom is 0.253 e. The molecule has 0 atom stereocenters. The number of carbonyl (C=O) groups excluding carboxylic acids is 1. The van der Waals surface area contributed by atoms with Crippen molar-refractivity contribution in [3.8, 4) is 11.4 Å². The van der Waals surface area contributed by atoms with E-state index in [9.17, 15) is 4.79 Å². The number of nitrogens with one attached hydrogen (secondary N) is 1. The van der Waals surface area contributed by atoms with Gasteiger partial charge in [-0.1, -0.05) is 12.1 Å². The molecule has 3 aromatic rings. The summed E-state index contributed by atoms with van der Waals surface area (Å²) in [6, 6.07) is 16.1. The van der Waals surface area contributed by atoms with Crippen LogP contribution in [0.25, 0.3) is 5.69 Å². The monoisotopic (exact) mass is 401 g/mol. The molecule has 0 saturated carbocycles. The zero-order valence-corrected chi connectivity index (χ0v) is 17.7. The molecule has 1 aromatic heterocycles. The third-order valence-electron chi connectivity index (χ3n) is 6.78. The molecule has 2 aromatic carbocycles. The summed E-state index contributed by atoms with van der Waals surface area (Å²) in [5, 5.41) is 3.86. The Balaban J connectivity index is 1.42. The maximum absolute atomic E-state index is 13.1. The fourth-order valence-corrected chi connectivity index (χ4v) is 4.91. The number of fused-ring (bicyclic) bond motifs is 4. The average molecular weight is 402 g/mol. The van der Waals surface area contributed by atoms with E-state index in [2.05, 4.69) is 54.2 Å². The first-order valence-electron chi connectivity index (χ1n) is 10.5. The molecule has 1 spiro atoms. The van der Waals surface area contributed by atoms with Gasteiger partial charge in [0.15, 0.2) is 0 Å². The first-order chi connectivity index (χ1) is 14.5. The Bertz CT molecular complexity index is 1120. The number of ether oxygens (including phenoxy) is 1. The van der Waals surface area contributed by atoms with E-state index in [1.807, 2.05) is 29.2 Å². The number of piperidine rings is 1. The Morgan fingerprint density at radius 1 is 1.07 bits per heavy atom. The van der Waals surface area contributed by atoms with Gasteiger partial charge < -0.3 is 19.5 Å². The van der Waals surface area contributed by atoms with Crippen molar-refractivity contribution in [1.29, 1.82) is 0 Å². The van der Waals surface area contributed by atoms with Crippen LogP contribution < -0.4 is 10.1 Å². The highest BCUT2D eigenvalue weighted by molar-refractivity contribution is 5.94. The summed E-state index contributed by atoms with van der Waals surface area (Å²) in [5.74, 6) is 0.783. The normalized spacial score (nSPS) is 16.6. The molecule has 30 heavy (non-hydrogen) atoms. The van der Waals surface area contributed by atoms with E-state index < -0.39 is 0 Å². The lowest BCUT2D eigenvalue weighted by atomic mass is 9.81. The third-order valence-corrected chi connectivity index (χ3v) is 6.78. The van der Waals surface area contributed by atoms with Gasteiger partial charge in [0.2, 0.25) is 0 Å². The Kier molecular flexibility index (Phi) is 4.35. The minimum absolute atomic E-state index is 0.0711. The summed E-state index contributed by atoms with van der Waals surface area (Å²) in [6.45, 7) is 5.78. The second-order valence-corrected chi connectivity index (χ2v) is 8.40. The van der Waals surface area contributed by atoms with E-state index in [0.29, 0.717) is 24.4 Å². The highest BCUT2D eigenvalue weighted by Crippen LogP contribution is 2.45. The molecule has 1 N–H and O–H groups in total. The van der Waals surface area contributed by atoms with Crippen molar-refractivity contribution in [2.75, 3.05) is 25.5 Å². The molecule has 1 fully saturated rings. The lowest BCUT2D eigenvalue weighted by molar-refractivity contribution is 0.0676. The minimum atomic E-state index is -0.149. The molecule has 0 unspecified atom stereocenters. The highest BCUT2D eigenvalue weighted by Gasteiger charge is 2.42. The van der Waals surface area contributed by atoms with Crippen LogP contribution in [0.4, 0.5) is 5.69 Å². The van der Waals surface area contributed by atoms with E-state index in [0.717, 1.165) is 12.8 Å². The van der Waals surface area contributed by atoms with Crippen LogP contribution in [-0.2, 0) is 5.54 Å². The molecule has 5 nitrogen and oxygen atoms in total. The largest absolute Gasteiger partial charge is 0.497 e. The molecular formula is C25H27N3O2. The lowest BCUT2D eigenvalue weighted by Gasteiger charge is -2.46. The van der Waals surface area contributed by atoms with E-state index in [1.54, 1.807) is 7.11 Å². The van der Waals surface area contributed by atoms with Gasteiger partial charge in [0, 0.05) is 30.5 Å².